The van der Waals surface area contributed by atoms with Gasteiger partial charge in [-0.15, -0.1) is 0 Å². The van der Waals surface area contributed by atoms with Gasteiger partial charge in [-0.05, 0) is 11.1 Å². The van der Waals surface area contributed by atoms with Crippen molar-refractivity contribution in [3.8, 4) is 0 Å². The molecule has 21 heavy (non-hydrogen) atoms. The number of hydrazone groups is 1. The molecule has 8 heteroatoms. The number of amides is 2. The average molecular weight is 307 g/mol. The van der Waals surface area contributed by atoms with E-state index < -0.39 is 21.8 Å². The van der Waals surface area contributed by atoms with E-state index in [0.29, 0.717) is 5.56 Å². The summed E-state index contributed by atoms with van der Waals surface area (Å²) >= 11 is 0. The van der Waals surface area contributed by atoms with Gasteiger partial charge in [-0.1, -0.05) is 24.3 Å². The third-order valence-electron chi connectivity index (χ3n) is 3.44. The quantitative estimate of drug-likeness (QED) is 0.779. The molecule has 0 aromatic heterocycles. The summed E-state index contributed by atoms with van der Waals surface area (Å²) in [5, 5.41) is 6.28. The zero-order valence-corrected chi connectivity index (χ0v) is 11.8. The predicted octanol–water partition coefficient (Wildman–Crippen LogP) is -0.352. The molecule has 0 spiro atoms. The number of fused-ring (bicyclic) bond motifs is 1. The number of nitrogens with zero attached hydrogens (tertiary/aromatic N) is 1. The van der Waals surface area contributed by atoms with Crippen LogP contribution in [0.25, 0.3) is 0 Å². The fourth-order valence-electron chi connectivity index (χ4n) is 2.50. The maximum atomic E-state index is 12.1. The van der Waals surface area contributed by atoms with Crippen molar-refractivity contribution < 1.29 is 18.0 Å². The van der Waals surface area contributed by atoms with Crippen LogP contribution in [0.3, 0.4) is 0 Å². The lowest BCUT2D eigenvalue weighted by molar-refractivity contribution is -0.120. The molecule has 0 fully saturated rings. The number of hydrogen-bond acceptors (Lipinski definition) is 5. The molecule has 2 aliphatic heterocycles. The van der Waals surface area contributed by atoms with E-state index in [9.17, 15) is 18.0 Å². The molecule has 3 rings (SSSR count). The van der Waals surface area contributed by atoms with Crippen molar-refractivity contribution >= 4 is 27.4 Å². The van der Waals surface area contributed by atoms with Crippen LogP contribution in [0.5, 0.6) is 0 Å². The van der Waals surface area contributed by atoms with E-state index in [0.717, 1.165) is 5.56 Å². The maximum Gasteiger partial charge on any atom is 0.268 e. The van der Waals surface area contributed by atoms with Crippen molar-refractivity contribution in [2.24, 2.45) is 5.10 Å². The molecular formula is C13H13N3O4S. The highest BCUT2D eigenvalue weighted by atomic mass is 32.2. The number of sulfone groups is 1. The first-order valence-corrected chi connectivity index (χ1v) is 8.21. The molecule has 2 aliphatic rings. The molecule has 1 aromatic rings. The Morgan fingerprint density at radius 2 is 2.10 bits per heavy atom. The lowest BCUT2D eigenvalue weighted by Gasteiger charge is -2.26. The first kappa shape index (κ1) is 13.7. The van der Waals surface area contributed by atoms with Crippen LogP contribution in [-0.4, -0.2) is 31.7 Å². The Hall–Kier alpha value is -2.22. The molecule has 2 heterocycles. The molecule has 0 bridgehead atoms. The summed E-state index contributed by atoms with van der Waals surface area (Å²) in [5.41, 5.74) is 3.74. The molecule has 1 unspecified atom stereocenters. The van der Waals surface area contributed by atoms with Crippen LogP contribution in [0.2, 0.25) is 0 Å². The summed E-state index contributed by atoms with van der Waals surface area (Å²) in [6.45, 7) is 0. The van der Waals surface area contributed by atoms with Gasteiger partial charge in [0.05, 0.1) is 24.0 Å². The summed E-state index contributed by atoms with van der Waals surface area (Å²) in [5.74, 6) is -1.04. The third kappa shape index (κ3) is 2.80. The molecule has 0 aliphatic carbocycles. The standard InChI is InChI=1S/C13H13N3O4S/c17-12-5-10(15-16-12)13(18)14-11-7-21(19,20)6-8-3-1-2-4-9(8)11/h1-4,11H,5-7H2,(H,14,18)(H,16,17). The normalized spacial score (nSPS) is 23.0. The van der Waals surface area contributed by atoms with E-state index in [-0.39, 0.29) is 29.5 Å². The molecule has 1 atom stereocenters. The summed E-state index contributed by atoms with van der Waals surface area (Å²) in [7, 11) is -3.26. The van der Waals surface area contributed by atoms with Gasteiger partial charge in [0.15, 0.2) is 9.84 Å². The number of hydrogen-bond donors (Lipinski definition) is 2. The number of rotatable bonds is 2. The monoisotopic (exact) mass is 307 g/mol. The predicted molar refractivity (Wildman–Crippen MR) is 75.0 cm³/mol. The summed E-state index contributed by atoms with van der Waals surface area (Å²) in [6.07, 6.45) is -0.0903. The van der Waals surface area contributed by atoms with Gasteiger partial charge >= 0.3 is 0 Å². The van der Waals surface area contributed by atoms with E-state index in [1.54, 1.807) is 24.3 Å². The van der Waals surface area contributed by atoms with Gasteiger partial charge in [0.1, 0.15) is 5.71 Å². The Bertz CT molecular complexity index is 754. The zero-order chi connectivity index (χ0) is 15.0. The molecule has 1 aromatic carbocycles. The van der Waals surface area contributed by atoms with Crippen molar-refractivity contribution in [2.45, 2.75) is 18.2 Å². The van der Waals surface area contributed by atoms with E-state index in [1.165, 1.54) is 0 Å². The van der Waals surface area contributed by atoms with Gasteiger partial charge in [0, 0.05) is 0 Å². The van der Waals surface area contributed by atoms with Crippen LogP contribution >= 0.6 is 0 Å². The van der Waals surface area contributed by atoms with Crippen molar-refractivity contribution in [3.05, 3.63) is 35.4 Å². The number of carbonyl (C=O) groups is 2. The Balaban J connectivity index is 1.85. The smallest absolute Gasteiger partial charge is 0.268 e. The molecule has 2 N–H and O–H groups in total. The van der Waals surface area contributed by atoms with E-state index >= 15 is 0 Å². The molecular weight excluding hydrogens is 294 g/mol. The Labute approximate surface area is 121 Å². The Morgan fingerprint density at radius 1 is 1.33 bits per heavy atom. The summed E-state index contributed by atoms with van der Waals surface area (Å²) < 4.78 is 23.9. The van der Waals surface area contributed by atoms with E-state index in [1.807, 2.05) is 0 Å². The molecule has 0 saturated carbocycles. The molecule has 7 nitrogen and oxygen atoms in total. The summed E-state index contributed by atoms with van der Waals surface area (Å²) in [6, 6.07) is 6.49. The highest BCUT2D eigenvalue weighted by molar-refractivity contribution is 7.90. The molecule has 2 amide bonds. The van der Waals surface area contributed by atoms with Gasteiger partial charge in [-0.25, -0.2) is 13.8 Å². The third-order valence-corrected chi connectivity index (χ3v) is 5.03. The highest BCUT2D eigenvalue weighted by Crippen LogP contribution is 2.28. The number of benzene rings is 1. The van der Waals surface area contributed by atoms with Crippen molar-refractivity contribution in [1.29, 1.82) is 0 Å². The largest absolute Gasteiger partial charge is 0.343 e. The Kier molecular flexibility index (Phi) is 3.25. The summed E-state index contributed by atoms with van der Waals surface area (Å²) in [4.78, 5) is 23.1. The maximum absolute atomic E-state index is 12.1. The average Bonchev–Trinajstić information content (AvgIpc) is 2.84. The van der Waals surface area contributed by atoms with Crippen LogP contribution in [0, 0.1) is 0 Å². The van der Waals surface area contributed by atoms with Gasteiger partial charge in [-0.3, -0.25) is 9.59 Å². The first-order valence-electron chi connectivity index (χ1n) is 6.39. The number of carbonyl (C=O) groups excluding carboxylic acids is 2. The fraction of sp³-hybridized carbons (Fsp3) is 0.308. The minimum atomic E-state index is -3.26. The zero-order valence-electron chi connectivity index (χ0n) is 11.0. The second-order valence-corrected chi connectivity index (χ2v) is 7.16. The highest BCUT2D eigenvalue weighted by Gasteiger charge is 2.32. The van der Waals surface area contributed by atoms with E-state index in [4.69, 9.17) is 0 Å². The SMILES string of the molecule is O=C1CC(C(=O)NC2CS(=O)(=O)Cc3ccccc32)=NN1. The van der Waals surface area contributed by atoms with Crippen LogP contribution in [0.1, 0.15) is 23.6 Å². The van der Waals surface area contributed by atoms with Crippen LogP contribution < -0.4 is 10.7 Å². The van der Waals surface area contributed by atoms with Crippen molar-refractivity contribution in [3.63, 3.8) is 0 Å². The Morgan fingerprint density at radius 3 is 2.81 bits per heavy atom. The second-order valence-electron chi connectivity index (χ2n) is 5.05. The fourth-order valence-corrected chi connectivity index (χ4v) is 4.12. The van der Waals surface area contributed by atoms with Gasteiger partial charge in [0.25, 0.3) is 5.91 Å². The van der Waals surface area contributed by atoms with E-state index in [2.05, 4.69) is 15.8 Å². The van der Waals surface area contributed by atoms with Crippen LogP contribution in [-0.2, 0) is 25.2 Å². The molecule has 0 radical (unpaired) electrons. The van der Waals surface area contributed by atoms with Crippen molar-refractivity contribution in [1.82, 2.24) is 10.7 Å². The minimum Gasteiger partial charge on any atom is -0.343 e. The lowest BCUT2D eigenvalue weighted by Crippen LogP contribution is -2.40. The number of nitrogens with one attached hydrogen (secondary N) is 2. The molecule has 110 valence electrons. The van der Waals surface area contributed by atoms with Crippen molar-refractivity contribution in [2.75, 3.05) is 5.75 Å². The second kappa shape index (κ2) is 4.96. The topological polar surface area (TPSA) is 105 Å². The van der Waals surface area contributed by atoms with Gasteiger partial charge < -0.3 is 5.32 Å². The van der Waals surface area contributed by atoms with Gasteiger partial charge in [0.2, 0.25) is 5.91 Å². The molecule has 0 saturated heterocycles. The van der Waals surface area contributed by atoms with Gasteiger partial charge in [-0.2, -0.15) is 5.10 Å². The lowest BCUT2D eigenvalue weighted by atomic mass is 10.0. The first-order chi connectivity index (χ1) is 9.94. The van der Waals surface area contributed by atoms with Crippen LogP contribution in [0.15, 0.2) is 29.4 Å². The minimum absolute atomic E-state index is 0.0173. The van der Waals surface area contributed by atoms with Crippen LogP contribution in [0.4, 0.5) is 0 Å².